The van der Waals surface area contributed by atoms with Gasteiger partial charge in [0, 0.05) is 22.3 Å². The van der Waals surface area contributed by atoms with E-state index in [1.54, 1.807) is 36.5 Å². The van der Waals surface area contributed by atoms with Crippen molar-refractivity contribution < 1.29 is 4.79 Å². The molecule has 106 valence electrons. The van der Waals surface area contributed by atoms with Crippen LogP contribution in [0.2, 0.25) is 0 Å². The zero-order valence-electron chi connectivity index (χ0n) is 11.1. The molecule has 3 rings (SSSR count). The van der Waals surface area contributed by atoms with Gasteiger partial charge in [-0.05, 0) is 35.7 Å². The summed E-state index contributed by atoms with van der Waals surface area (Å²) in [5.74, 6) is -0.266. The molecule has 0 unspecified atom stereocenters. The lowest BCUT2D eigenvalue weighted by atomic mass is 10.3. The number of amides is 1. The highest BCUT2D eigenvalue weighted by molar-refractivity contribution is 7.17. The number of aromatic nitrogens is 1. The first-order valence-electron chi connectivity index (χ1n) is 6.35. The molecule has 1 amide bonds. The molecule has 21 heavy (non-hydrogen) atoms. The van der Waals surface area contributed by atoms with Gasteiger partial charge < -0.3 is 15.6 Å². The predicted molar refractivity (Wildman–Crippen MR) is 85.6 cm³/mol. The van der Waals surface area contributed by atoms with Crippen molar-refractivity contribution >= 4 is 38.7 Å². The van der Waals surface area contributed by atoms with E-state index in [1.807, 2.05) is 11.4 Å². The second-order valence-corrected chi connectivity index (χ2v) is 5.57. The molecule has 0 bridgehead atoms. The molecule has 0 aliphatic heterocycles. The minimum atomic E-state index is -0.266. The summed E-state index contributed by atoms with van der Waals surface area (Å²) in [7, 11) is 0. The summed E-state index contributed by atoms with van der Waals surface area (Å²) >= 11 is 1.51. The van der Waals surface area contributed by atoms with Gasteiger partial charge in [0.25, 0.3) is 5.56 Å². The third-order valence-corrected chi connectivity index (χ3v) is 3.96. The lowest BCUT2D eigenvalue weighted by Gasteiger charge is -2.08. The van der Waals surface area contributed by atoms with Crippen molar-refractivity contribution in [2.75, 3.05) is 11.1 Å². The number of hydrogen-bond acceptors (Lipinski definition) is 4. The summed E-state index contributed by atoms with van der Waals surface area (Å²) in [6, 6.07) is 10.5. The van der Waals surface area contributed by atoms with E-state index >= 15 is 0 Å². The molecule has 0 fully saturated rings. The lowest BCUT2D eigenvalue weighted by Crippen LogP contribution is -2.26. The second kappa shape index (κ2) is 5.41. The number of anilines is 2. The maximum Gasteiger partial charge on any atom is 0.259 e. The van der Waals surface area contributed by atoms with Gasteiger partial charge in [-0.3, -0.25) is 9.59 Å². The van der Waals surface area contributed by atoms with Crippen LogP contribution < -0.4 is 16.6 Å². The third kappa shape index (κ3) is 2.80. The van der Waals surface area contributed by atoms with Crippen molar-refractivity contribution in [1.82, 2.24) is 4.57 Å². The molecule has 5 nitrogen and oxygen atoms in total. The van der Waals surface area contributed by atoms with Crippen LogP contribution in [0.1, 0.15) is 0 Å². The predicted octanol–water partition coefficient (Wildman–Crippen LogP) is 2.28. The van der Waals surface area contributed by atoms with E-state index in [1.165, 1.54) is 15.9 Å². The first-order chi connectivity index (χ1) is 10.1. The van der Waals surface area contributed by atoms with E-state index in [0.717, 1.165) is 4.70 Å². The van der Waals surface area contributed by atoms with Crippen LogP contribution in [0.15, 0.2) is 52.8 Å². The van der Waals surface area contributed by atoms with E-state index in [-0.39, 0.29) is 18.0 Å². The number of rotatable bonds is 3. The van der Waals surface area contributed by atoms with Crippen molar-refractivity contribution in [1.29, 1.82) is 0 Å². The zero-order chi connectivity index (χ0) is 14.8. The van der Waals surface area contributed by atoms with Crippen LogP contribution in [0.5, 0.6) is 0 Å². The zero-order valence-corrected chi connectivity index (χ0v) is 11.9. The fourth-order valence-corrected chi connectivity index (χ4v) is 2.88. The SMILES string of the molecule is Nc1cccc(NC(=O)Cn2ccc3sccc3c2=O)c1. The standard InChI is InChI=1S/C15H13N3O2S/c16-10-2-1-3-11(8-10)17-14(19)9-18-6-4-13-12(15(18)20)5-7-21-13/h1-8H,9,16H2,(H,17,19). The van der Waals surface area contributed by atoms with Gasteiger partial charge in [-0.2, -0.15) is 0 Å². The Kier molecular flexibility index (Phi) is 3.45. The Morgan fingerprint density at radius 1 is 1.29 bits per heavy atom. The number of thiophene rings is 1. The Morgan fingerprint density at radius 2 is 2.14 bits per heavy atom. The van der Waals surface area contributed by atoms with Crippen molar-refractivity contribution in [3.05, 3.63) is 58.3 Å². The number of fused-ring (bicyclic) bond motifs is 1. The lowest BCUT2D eigenvalue weighted by molar-refractivity contribution is -0.116. The van der Waals surface area contributed by atoms with Gasteiger partial charge >= 0.3 is 0 Å². The van der Waals surface area contributed by atoms with Crippen molar-refractivity contribution in [3.8, 4) is 0 Å². The van der Waals surface area contributed by atoms with Crippen LogP contribution in [0.4, 0.5) is 11.4 Å². The molecule has 0 aliphatic rings. The Labute approximate surface area is 124 Å². The van der Waals surface area contributed by atoms with Gasteiger partial charge in [0.05, 0.1) is 5.39 Å². The number of nitrogens with two attached hydrogens (primary N) is 1. The van der Waals surface area contributed by atoms with Crippen molar-refractivity contribution in [2.45, 2.75) is 6.54 Å². The van der Waals surface area contributed by atoms with Crippen LogP contribution in [0.3, 0.4) is 0 Å². The van der Waals surface area contributed by atoms with E-state index in [2.05, 4.69) is 5.32 Å². The van der Waals surface area contributed by atoms with Gasteiger partial charge in [-0.1, -0.05) is 6.07 Å². The number of hydrogen-bond donors (Lipinski definition) is 2. The number of nitrogen functional groups attached to an aromatic ring is 1. The molecule has 0 saturated carbocycles. The molecule has 3 N–H and O–H groups in total. The van der Waals surface area contributed by atoms with E-state index in [9.17, 15) is 9.59 Å². The van der Waals surface area contributed by atoms with Crippen LogP contribution in [-0.2, 0) is 11.3 Å². The fourth-order valence-electron chi connectivity index (χ4n) is 2.10. The highest BCUT2D eigenvalue weighted by Gasteiger charge is 2.08. The molecular formula is C15H13N3O2S. The van der Waals surface area contributed by atoms with Gasteiger partial charge in [0.2, 0.25) is 5.91 Å². The molecule has 2 aromatic heterocycles. The van der Waals surface area contributed by atoms with Crippen LogP contribution in [-0.4, -0.2) is 10.5 Å². The van der Waals surface area contributed by atoms with Crippen LogP contribution >= 0.6 is 11.3 Å². The van der Waals surface area contributed by atoms with Crippen LogP contribution in [0, 0.1) is 0 Å². The minimum Gasteiger partial charge on any atom is -0.399 e. The Morgan fingerprint density at radius 3 is 2.95 bits per heavy atom. The highest BCUT2D eigenvalue weighted by atomic mass is 32.1. The topological polar surface area (TPSA) is 77.1 Å². The first-order valence-corrected chi connectivity index (χ1v) is 7.23. The first kappa shape index (κ1) is 13.4. The summed E-state index contributed by atoms with van der Waals surface area (Å²) in [6.45, 7) is -0.0284. The largest absolute Gasteiger partial charge is 0.399 e. The van der Waals surface area contributed by atoms with Crippen LogP contribution in [0.25, 0.3) is 10.1 Å². The summed E-state index contributed by atoms with van der Waals surface area (Å²) in [6.07, 6.45) is 1.64. The molecule has 0 saturated heterocycles. The number of pyridine rings is 1. The highest BCUT2D eigenvalue weighted by Crippen LogP contribution is 2.16. The van der Waals surface area contributed by atoms with Gasteiger partial charge in [0.1, 0.15) is 6.54 Å². The summed E-state index contributed by atoms with van der Waals surface area (Å²) < 4.78 is 2.32. The molecule has 6 heteroatoms. The summed E-state index contributed by atoms with van der Waals surface area (Å²) in [5.41, 5.74) is 6.69. The van der Waals surface area contributed by atoms with E-state index in [0.29, 0.717) is 16.8 Å². The smallest absolute Gasteiger partial charge is 0.259 e. The fraction of sp³-hybridized carbons (Fsp3) is 0.0667. The molecule has 0 atom stereocenters. The molecule has 2 heterocycles. The van der Waals surface area contributed by atoms with E-state index < -0.39 is 0 Å². The molecule has 0 radical (unpaired) electrons. The van der Waals surface area contributed by atoms with Crippen molar-refractivity contribution in [2.24, 2.45) is 0 Å². The average Bonchev–Trinajstić information content (AvgIpc) is 2.91. The number of nitrogens with one attached hydrogen (secondary N) is 1. The molecule has 0 aliphatic carbocycles. The normalized spacial score (nSPS) is 10.7. The van der Waals surface area contributed by atoms with E-state index in [4.69, 9.17) is 5.73 Å². The Bertz CT molecular complexity index is 866. The van der Waals surface area contributed by atoms with Crippen molar-refractivity contribution in [3.63, 3.8) is 0 Å². The van der Waals surface area contributed by atoms with Gasteiger partial charge in [-0.15, -0.1) is 11.3 Å². The summed E-state index contributed by atoms with van der Waals surface area (Å²) in [4.78, 5) is 24.2. The number of benzene rings is 1. The maximum absolute atomic E-state index is 12.2. The quantitative estimate of drug-likeness (QED) is 0.728. The third-order valence-electron chi connectivity index (χ3n) is 3.08. The molecule has 0 spiro atoms. The van der Waals surface area contributed by atoms with Gasteiger partial charge in [-0.25, -0.2) is 0 Å². The number of nitrogens with zero attached hydrogens (tertiary/aromatic N) is 1. The average molecular weight is 299 g/mol. The molecule has 3 aromatic rings. The molecular weight excluding hydrogens is 286 g/mol. The van der Waals surface area contributed by atoms with Gasteiger partial charge in [0.15, 0.2) is 0 Å². The Balaban J connectivity index is 1.80. The Hall–Kier alpha value is -2.60. The second-order valence-electron chi connectivity index (χ2n) is 4.62. The number of carbonyl (C=O) groups excluding carboxylic acids is 1. The maximum atomic E-state index is 12.2. The minimum absolute atomic E-state index is 0.0284. The molecule has 1 aromatic carbocycles. The monoisotopic (exact) mass is 299 g/mol. The summed E-state index contributed by atoms with van der Waals surface area (Å²) in [5, 5.41) is 5.23. The number of carbonyl (C=O) groups is 1.